The molecule has 1 atom stereocenters. The first-order chi connectivity index (χ1) is 4.81. The minimum Gasteiger partial charge on any atom is -0.392 e. The zero-order chi connectivity index (χ0) is 7.82. The lowest BCUT2D eigenvalue weighted by Crippen LogP contribution is -2.05. The van der Waals surface area contributed by atoms with Crippen molar-refractivity contribution in [3.8, 4) is 0 Å². The summed E-state index contributed by atoms with van der Waals surface area (Å²) in [5.74, 6) is 0.330. The lowest BCUT2D eigenvalue weighted by molar-refractivity contribution is 0.201. The molecule has 10 heavy (non-hydrogen) atoms. The van der Waals surface area contributed by atoms with Crippen molar-refractivity contribution in [2.45, 2.75) is 32.3 Å². The maximum atomic E-state index is 8.97. The summed E-state index contributed by atoms with van der Waals surface area (Å²) in [7, 11) is 0. The first kappa shape index (κ1) is 9.99. The molecular weight excluding hydrogens is 148 g/mol. The third-order valence-electron chi connectivity index (χ3n) is 1.21. The first-order valence-electron chi connectivity index (χ1n) is 3.70. The number of alkyl halides is 1. The number of hydrogen-bond donors (Lipinski definition) is 1. The number of aliphatic hydroxyl groups is 1. The average molecular weight is 163 g/mol. The van der Waals surface area contributed by atoms with E-state index in [9.17, 15) is 0 Å². The van der Waals surface area contributed by atoms with Crippen LogP contribution in [0.3, 0.4) is 0 Å². The summed E-state index contributed by atoms with van der Waals surface area (Å²) in [6.07, 6.45) is 6.63. The molecule has 0 fully saturated rings. The van der Waals surface area contributed by atoms with Gasteiger partial charge in [-0.25, -0.2) is 0 Å². The number of halogens is 1. The van der Waals surface area contributed by atoms with Gasteiger partial charge in [0.05, 0.1) is 6.10 Å². The van der Waals surface area contributed by atoms with E-state index >= 15 is 0 Å². The molecule has 0 saturated heterocycles. The van der Waals surface area contributed by atoms with Crippen molar-refractivity contribution in [3.63, 3.8) is 0 Å². The highest BCUT2D eigenvalue weighted by Crippen LogP contribution is 1.97. The fraction of sp³-hybridized carbons (Fsp3) is 0.750. The molecule has 60 valence electrons. The molecule has 0 aromatic heterocycles. The standard InChI is InChI=1S/C8H15ClO/c1-2-3-4-5-6-8(10)7-9/h4-5,8,10H,2-3,6-7H2,1H3/b5-4+. The van der Waals surface area contributed by atoms with Crippen LogP contribution in [-0.4, -0.2) is 17.1 Å². The van der Waals surface area contributed by atoms with Crippen molar-refractivity contribution in [2.24, 2.45) is 0 Å². The number of rotatable bonds is 5. The molecule has 1 N–H and O–H groups in total. The van der Waals surface area contributed by atoms with Crippen LogP contribution in [0.1, 0.15) is 26.2 Å². The van der Waals surface area contributed by atoms with Gasteiger partial charge in [-0.3, -0.25) is 0 Å². The molecule has 2 heteroatoms. The molecule has 0 rings (SSSR count). The number of unbranched alkanes of at least 4 members (excludes halogenated alkanes) is 1. The molecule has 0 amide bonds. The molecule has 0 spiro atoms. The summed E-state index contributed by atoms with van der Waals surface area (Å²) in [6, 6.07) is 0. The van der Waals surface area contributed by atoms with Crippen LogP contribution in [0.5, 0.6) is 0 Å². The molecule has 0 radical (unpaired) electrons. The molecule has 0 heterocycles. The summed E-state index contributed by atoms with van der Waals surface area (Å²) in [4.78, 5) is 0. The molecule has 0 saturated carbocycles. The topological polar surface area (TPSA) is 20.2 Å². The molecular formula is C8H15ClO. The summed E-state index contributed by atoms with van der Waals surface area (Å²) in [6.45, 7) is 2.13. The van der Waals surface area contributed by atoms with Crippen molar-refractivity contribution in [1.29, 1.82) is 0 Å². The summed E-state index contributed by atoms with van der Waals surface area (Å²) in [5.41, 5.74) is 0. The molecule has 0 aromatic rings. The van der Waals surface area contributed by atoms with Gasteiger partial charge in [0.15, 0.2) is 0 Å². The Bertz CT molecular complexity index is 91.3. The van der Waals surface area contributed by atoms with Crippen LogP contribution in [-0.2, 0) is 0 Å². The second kappa shape index (κ2) is 7.10. The van der Waals surface area contributed by atoms with E-state index in [0.29, 0.717) is 12.3 Å². The van der Waals surface area contributed by atoms with Gasteiger partial charge in [0.2, 0.25) is 0 Å². The third-order valence-corrected chi connectivity index (χ3v) is 1.56. The van der Waals surface area contributed by atoms with Crippen molar-refractivity contribution in [1.82, 2.24) is 0 Å². The van der Waals surface area contributed by atoms with Crippen LogP contribution >= 0.6 is 11.6 Å². The number of aliphatic hydroxyl groups excluding tert-OH is 1. The molecule has 1 unspecified atom stereocenters. The Kier molecular flexibility index (Phi) is 7.09. The molecule has 0 bridgehead atoms. The lowest BCUT2D eigenvalue weighted by atomic mass is 10.2. The Hall–Kier alpha value is -0.0100. The highest BCUT2D eigenvalue weighted by Gasteiger charge is 1.95. The zero-order valence-electron chi connectivity index (χ0n) is 6.39. The van der Waals surface area contributed by atoms with E-state index < -0.39 is 0 Å². The Morgan fingerprint density at radius 1 is 1.50 bits per heavy atom. The van der Waals surface area contributed by atoms with Gasteiger partial charge in [0.25, 0.3) is 0 Å². The molecule has 0 aromatic carbocycles. The quantitative estimate of drug-likeness (QED) is 0.486. The van der Waals surface area contributed by atoms with Crippen molar-refractivity contribution in [2.75, 3.05) is 5.88 Å². The van der Waals surface area contributed by atoms with Crippen molar-refractivity contribution in [3.05, 3.63) is 12.2 Å². The van der Waals surface area contributed by atoms with Crippen LogP contribution in [0, 0.1) is 0 Å². The maximum Gasteiger partial charge on any atom is 0.0709 e. The van der Waals surface area contributed by atoms with Gasteiger partial charge < -0.3 is 5.11 Å². The second-order valence-electron chi connectivity index (χ2n) is 2.30. The van der Waals surface area contributed by atoms with Gasteiger partial charge in [0, 0.05) is 5.88 Å². The van der Waals surface area contributed by atoms with Gasteiger partial charge in [-0.15, -0.1) is 11.6 Å². The minimum atomic E-state index is -0.366. The largest absolute Gasteiger partial charge is 0.392 e. The van der Waals surface area contributed by atoms with Gasteiger partial charge in [-0.05, 0) is 12.8 Å². The monoisotopic (exact) mass is 162 g/mol. The van der Waals surface area contributed by atoms with Crippen molar-refractivity contribution < 1.29 is 5.11 Å². The molecule has 0 aliphatic carbocycles. The Morgan fingerprint density at radius 2 is 2.20 bits per heavy atom. The third kappa shape index (κ3) is 6.12. The SMILES string of the molecule is CCC/C=C/CC(O)CCl. The van der Waals surface area contributed by atoms with Gasteiger partial charge >= 0.3 is 0 Å². The van der Waals surface area contributed by atoms with E-state index in [-0.39, 0.29) is 6.10 Å². The Morgan fingerprint density at radius 3 is 2.70 bits per heavy atom. The summed E-state index contributed by atoms with van der Waals surface area (Å²) in [5, 5.41) is 8.97. The summed E-state index contributed by atoms with van der Waals surface area (Å²) < 4.78 is 0. The van der Waals surface area contributed by atoms with Gasteiger partial charge in [-0.1, -0.05) is 25.5 Å². The van der Waals surface area contributed by atoms with E-state index in [1.165, 1.54) is 0 Å². The average Bonchev–Trinajstić information content (AvgIpc) is 1.98. The van der Waals surface area contributed by atoms with Crippen LogP contribution in [0.2, 0.25) is 0 Å². The second-order valence-corrected chi connectivity index (χ2v) is 2.61. The molecule has 0 aliphatic rings. The first-order valence-corrected chi connectivity index (χ1v) is 4.23. The highest BCUT2D eigenvalue weighted by atomic mass is 35.5. The summed E-state index contributed by atoms with van der Waals surface area (Å²) >= 11 is 5.38. The zero-order valence-corrected chi connectivity index (χ0v) is 7.14. The Labute approximate surface area is 67.7 Å². The lowest BCUT2D eigenvalue weighted by Gasteiger charge is -1.99. The van der Waals surface area contributed by atoms with E-state index in [4.69, 9.17) is 16.7 Å². The van der Waals surface area contributed by atoms with Crippen LogP contribution in [0.4, 0.5) is 0 Å². The van der Waals surface area contributed by atoms with Crippen molar-refractivity contribution >= 4 is 11.6 Å². The molecule has 0 aliphatic heterocycles. The predicted molar refractivity (Wildman–Crippen MR) is 45.4 cm³/mol. The van der Waals surface area contributed by atoms with E-state index in [2.05, 4.69) is 13.0 Å². The fourth-order valence-corrected chi connectivity index (χ4v) is 0.727. The van der Waals surface area contributed by atoms with Gasteiger partial charge in [-0.2, -0.15) is 0 Å². The normalized spacial score (nSPS) is 14.3. The van der Waals surface area contributed by atoms with Gasteiger partial charge in [0.1, 0.15) is 0 Å². The number of allylic oxidation sites excluding steroid dienone is 1. The van der Waals surface area contributed by atoms with E-state index in [0.717, 1.165) is 12.8 Å². The number of hydrogen-bond acceptors (Lipinski definition) is 1. The van der Waals surface area contributed by atoms with Crippen LogP contribution in [0.25, 0.3) is 0 Å². The van der Waals surface area contributed by atoms with E-state index in [1.807, 2.05) is 6.08 Å². The van der Waals surface area contributed by atoms with Crippen LogP contribution < -0.4 is 0 Å². The minimum absolute atomic E-state index is 0.330. The predicted octanol–water partition coefficient (Wildman–Crippen LogP) is 2.33. The highest BCUT2D eigenvalue weighted by molar-refractivity contribution is 6.18. The molecule has 1 nitrogen and oxygen atoms in total. The fourth-order valence-electron chi connectivity index (χ4n) is 0.601. The van der Waals surface area contributed by atoms with E-state index in [1.54, 1.807) is 0 Å². The Balaban J connectivity index is 3.16. The maximum absolute atomic E-state index is 8.97. The smallest absolute Gasteiger partial charge is 0.0709 e. The van der Waals surface area contributed by atoms with Crippen LogP contribution in [0.15, 0.2) is 12.2 Å².